The zero-order valence-corrected chi connectivity index (χ0v) is 14.4. The Morgan fingerprint density at radius 1 is 1.20 bits per heavy atom. The Bertz CT molecular complexity index is 818. The molecule has 25 heavy (non-hydrogen) atoms. The average molecular weight is 356 g/mol. The number of aromatic nitrogens is 2. The molecule has 7 heteroatoms. The molecule has 1 fully saturated rings. The number of anilines is 1. The normalized spacial score (nSPS) is 19.1. The number of nitrogens with two attached hydrogens (primary N) is 1. The van der Waals surface area contributed by atoms with Crippen molar-refractivity contribution >= 4 is 23.5 Å². The lowest BCUT2D eigenvalue weighted by Crippen LogP contribution is -2.27. The summed E-state index contributed by atoms with van der Waals surface area (Å²) >= 11 is 5.94. The minimum atomic E-state index is -0.509. The van der Waals surface area contributed by atoms with Crippen LogP contribution in [0.25, 0.3) is 0 Å². The molecule has 3 heterocycles. The van der Waals surface area contributed by atoms with Crippen molar-refractivity contribution in [1.29, 1.82) is 0 Å². The number of benzene rings is 1. The molecule has 128 valence electrons. The van der Waals surface area contributed by atoms with Crippen LogP contribution in [0, 0.1) is 5.92 Å². The van der Waals surface area contributed by atoms with Gasteiger partial charge in [0, 0.05) is 55.7 Å². The molecule has 0 spiro atoms. The summed E-state index contributed by atoms with van der Waals surface area (Å²) in [5.74, 6) is 0.627. The second kappa shape index (κ2) is 6.37. The summed E-state index contributed by atoms with van der Waals surface area (Å²) in [4.78, 5) is 24.1. The average Bonchev–Trinajstić information content (AvgIpc) is 3.15. The Balaban J connectivity index is 1.41. The van der Waals surface area contributed by atoms with Gasteiger partial charge in [0.15, 0.2) is 0 Å². The molecule has 1 unspecified atom stereocenters. The first kappa shape index (κ1) is 15.9. The standard InChI is InChI=1S/C18H18ClN5O/c19-16-3-1-12(2-4-16)7-23-8-14-10-24(11-15(14)9-23)18-21-5-13(6-22-18)17(20)25/h1-6,8,15H,7,9-11H2,(H2,20,25). The Labute approximate surface area is 150 Å². The van der Waals surface area contributed by atoms with Gasteiger partial charge >= 0.3 is 0 Å². The molecule has 2 aliphatic rings. The monoisotopic (exact) mass is 355 g/mol. The van der Waals surface area contributed by atoms with Gasteiger partial charge in [0.1, 0.15) is 0 Å². The van der Waals surface area contributed by atoms with Gasteiger partial charge in [-0.25, -0.2) is 9.97 Å². The maximum absolute atomic E-state index is 11.1. The summed E-state index contributed by atoms with van der Waals surface area (Å²) in [6.07, 6.45) is 5.22. The Hall–Kier alpha value is -2.60. The second-order valence-corrected chi connectivity index (χ2v) is 6.91. The van der Waals surface area contributed by atoms with E-state index in [1.807, 2.05) is 12.1 Å². The number of hydrogen-bond acceptors (Lipinski definition) is 5. The first-order valence-electron chi connectivity index (χ1n) is 8.14. The molecule has 2 aromatic rings. The van der Waals surface area contributed by atoms with Gasteiger partial charge in [0.2, 0.25) is 5.95 Å². The Kier molecular flexibility index (Phi) is 4.05. The number of rotatable bonds is 4. The molecule has 0 bridgehead atoms. The van der Waals surface area contributed by atoms with Crippen LogP contribution in [0.2, 0.25) is 5.02 Å². The van der Waals surface area contributed by atoms with Crippen LogP contribution in [0.5, 0.6) is 0 Å². The molecule has 0 aliphatic carbocycles. The summed E-state index contributed by atoms with van der Waals surface area (Å²) in [6, 6.07) is 7.98. The van der Waals surface area contributed by atoms with Gasteiger partial charge in [0.25, 0.3) is 5.91 Å². The van der Waals surface area contributed by atoms with Gasteiger partial charge in [-0.3, -0.25) is 4.79 Å². The van der Waals surface area contributed by atoms with Crippen LogP contribution in [0.15, 0.2) is 48.4 Å². The number of carbonyl (C=O) groups excluding carboxylic acids is 1. The van der Waals surface area contributed by atoms with Crippen LogP contribution in [0.1, 0.15) is 15.9 Å². The summed E-state index contributed by atoms with van der Waals surface area (Å²) < 4.78 is 0. The lowest BCUT2D eigenvalue weighted by atomic mass is 10.1. The van der Waals surface area contributed by atoms with Crippen LogP contribution >= 0.6 is 11.6 Å². The van der Waals surface area contributed by atoms with Gasteiger partial charge in [-0.05, 0) is 23.3 Å². The van der Waals surface area contributed by atoms with E-state index in [9.17, 15) is 4.79 Å². The van der Waals surface area contributed by atoms with Crippen LogP contribution in [0.4, 0.5) is 5.95 Å². The minimum absolute atomic E-state index is 0.330. The maximum Gasteiger partial charge on any atom is 0.251 e. The van der Waals surface area contributed by atoms with E-state index in [2.05, 4.69) is 38.1 Å². The topological polar surface area (TPSA) is 75.4 Å². The van der Waals surface area contributed by atoms with E-state index in [0.717, 1.165) is 31.2 Å². The lowest BCUT2D eigenvalue weighted by molar-refractivity contribution is 0.0999. The minimum Gasteiger partial charge on any atom is -0.372 e. The molecular weight excluding hydrogens is 338 g/mol. The van der Waals surface area contributed by atoms with E-state index < -0.39 is 5.91 Å². The Morgan fingerprint density at radius 2 is 1.92 bits per heavy atom. The fourth-order valence-corrected chi connectivity index (χ4v) is 3.51. The van der Waals surface area contributed by atoms with E-state index in [1.54, 1.807) is 0 Å². The van der Waals surface area contributed by atoms with Crippen molar-refractivity contribution in [1.82, 2.24) is 14.9 Å². The van der Waals surface area contributed by atoms with Crippen molar-refractivity contribution < 1.29 is 4.79 Å². The number of amides is 1. The van der Waals surface area contributed by atoms with Crippen molar-refractivity contribution in [2.24, 2.45) is 11.7 Å². The van der Waals surface area contributed by atoms with Crippen molar-refractivity contribution in [2.45, 2.75) is 6.54 Å². The first-order valence-corrected chi connectivity index (χ1v) is 8.52. The van der Waals surface area contributed by atoms with Crippen LogP contribution in [-0.2, 0) is 6.54 Å². The van der Waals surface area contributed by atoms with Gasteiger partial charge in [-0.2, -0.15) is 0 Å². The van der Waals surface area contributed by atoms with Crippen molar-refractivity contribution in [3.63, 3.8) is 0 Å². The number of halogens is 1. The van der Waals surface area contributed by atoms with E-state index in [-0.39, 0.29) is 0 Å². The highest BCUT2D eigenvalue weighted by Gasteiger charge is 2.34. The highest BCUT2D eigenvalue weighted by molar-refractivity contribution is 6.30. The largest absolute Gasteiger partial charge is 0.372 e. The maximum atomic E-state index is 11.1. The predicted molar refractivity (Wildman–Crippen MR) is 96.2 cm³/mol. The van der Waals surface area contributed by atoms with Crippen LogP contribution in [0.3, 0.4) is 0 Å². The SMILES string of the molecule is NC(=O)c1cnc(N2CC3=CN(Cc4ccc(Cl)cc4)CC3C2)nc1. The number of primary amides is 1. The molecule has 1 aromatic carbocycles. The molecule has 6 nitrogen and oxygen atoms in total. The predicted octanol–water partition coefficient (Wildman–Crippen LogP) is 2.06. The first-order chi connectivity index (χ1) is 12.1. The molecule has 1 aromatic heterocycles. The van der Waals surface area contributed by atoms with Crippen molar-refractivity contribution in [3.05, 3.63) is 64.6 Å². The molecule has 1 saturated heterocycles. The van der Waals surface area contributed by atoms with Gasteiger partial charge in [-0.1, -0.05) is 23.7 Å². The van der Waals surface area contributed by atoms with E-state index in [1.165, 1.54) is 23.5 Å². The number of nitrogens with zero attached hydrogens (tertiary/aromatic N) is 4. The summed E-state index contributed by atoms with van der Waals surface area (Å²) in [5, 5.41) is 0.762. The second-order valence-electron chi connectivity index (χ2n) is 6.47. The Morgan fingerprint density at radius 3 is 2.56 bits per heavy atom. The fraction of sp³-hybridized carbons (Fsp3) is 0.278. The molecule has 4 rings (SSSR count). The van der Waals surface area contributed by atoms with Crippen LogP contribution < -0.4 is 10.6 Å². The number of carbonyl (C=O) groups is 1. The smallest absolute Gasteiger partial charge is 0.251 e. The summed E-state index contributed by atoms with van der Waals surface area (Å²) in [7, 11) is 0. The molecule has 0 saturated carbocycles. The van der Waals surface area contributed by atoms with Gasteiger partial charge < -0.3 is 15.5 Å². The number of fused-ring (bicyclic) bond motifs is 1. The molecule has 0 radical (unpaired) electrons. The summed E-state index contributed by atoms with van der Waals surface area (Å²) in [6.45, 7) is 3.59. The highest BCUT2D eigenvalue weighted by atomic mass is 35.5. The molecule has 1 amide bonds. The van der Waals surface area contributed by atoms with E-state index in [4.69, 9.17) is 17.3 Å². The van der Waals surface area contributed by atoms with Crippen molar-refractivity contribution in [2.75, 3.05) is 24.5 Å². The molecule has 1 atom stereocenters. The van der Waals surface area contributed by atoms with E-state index >= 15 is 0 Å². The molecule has 2 aliphatic heterocycles. The third kappa shape index (κ3) is 3.30. The molecular formula is C18H18ClN5O. The lowest BCUT2D eigenvalue weighted by Gasteiger charge is -2.21. The van der Waals surface area contributed by atoms with Gasteiger partial charge in [0.05, 0.1) is 5.56 Å². The van der Waals surface area contributed by atoms with Gasteiger partial charge in [-0.15, -0.1) is 0 Å². The zero-order chi connectivity index (χ0) is 17.4. The summed E-state index contributed by atoms with van der Waals surface area (Å²) in [5.41, 5.74) is 8.21. The fourth-order valence-electron chi connectivity index (χ4n) is 3.39. The highest BCUT2D eigenvalue weighted by Crippen LogP contribution is 2.32. The van der Waals surface area contributed by atoms with E-state index in [0.29, 0.717) is 17.4 Å². The van der Waals surface area contributed by atoms with Crippen molar-refractivity contribution in [3.8, 4) is 0 Å². The number of hydrogen-bond donors (Lipinski definition) is 1. The third-order valence-corrected chi connectivity index (χ3v) is 4.90. The van der Waals surface area contributed by atoms with Crippen LogP contribution in [-0.4, -0.2) is 40.4 Å². The molecule has 2 N–H and O–H groups in total. The zero-order valence-electron chi connectivity index (χ0n) is 13.6. The quantitative estimate of drug-likeness (QED) is 0.908. The third-order valence-electron chi connectivity index (χ3n) is 4.65.